The van der Waals surface area contributed by atoms with E-state index in [2.05, 4.69) is 4.98 Å². The van der Waals surface area contributed by atoms with Crippen LogP contribution in [0.4, 0.5) is 0 Å². The average molecular weight is 300 g/mol. The highest BCUT2D eigenvalue weighted by Crippen LogP contribution is 2.19. The minimum Gasteiger partial charge on any atom is -0.478 e. The predicted octanol–water partition coefficient (Wildman–Crippen LogP) is 2.51. The maximum absolute atomic E-state index is 12.4. The van der Waals surface area contributed by atoms with Crippen molar-refractivity contribution in [2.45, 2.75) is 13.5 Å². The van der Waals surface area contributed by atoms with Gasteiger partial charge >= 0.3 is 5.97 Å². The minimum absolute atomic E-state index is 0.149. The first-order valence-corrected chi connectivity index (χ1v) is 7.14. The van der Waals surface area contributed by atoms with Crippen LogP contribution in [-0.2, 0) is 6.54 Å². The fourth-order valence-corrected chi connectivity index (χ4v) is 3.08. The van der Waals surface area contributed by atoms with E-state index in [9.17, 15) is 14.7 Å². The smallest absolute Gasteiger partial charge is 0.336 e. The summed E-state index contributed by atoms with van der Waals surface area (Å²) < 4.78 is 1.44. The molecule has 3 aromatic rings. The van der Waals surface area contributed by atoms with Gasteiger partial charge in [0, 0.05) is 4.88 Å². The van der Waals surface area contributed by atoms with Crippen LogP contribution in [0.1, 0.15) is 20.8 Å². The lowest BCUT2D eigenvalue weighted by Crippen LogP contribution is -2.21. The molecule has 3 rings (SSSR count). The van der Waals surface area contributed by atoms with Gasteiger partial charge in [0.25, 0.3) is 5.56 Å². The molecule has 0 aliphatic carbocycles. The first kappa shape index (κ1) is 13.5. The maximum Gasteiger partial charge on any atom is 0.336 e. The van der Waals surface area contributed by atoms with Crippen molar-refractivity contribution in [2.75, 3.05) is 0 Å². The van der Waals surface area contributed by atoms with E-state index in [1.807, 2.05) is 13.0 Å². The van der Waals surface area contributed by atoms with Gasteiger partial charge in [-0.05, 0) is 24.6 Å². The zero-order valence-corrected chi connectivity index (χ0v) is 12.1. The highest BCUT2D eigenvalue weighted by Gasteiger charge is 2.12. The van der Waals surface area contributed by atoms with E-state index in [0.717, 1.165) is 4.88 Å². The Kier molecular flexibility index (Phi) is 3.31. The molecular formula is C15H12N2O3S. The molecule has 0 spiro atoms. The van der Waals surface area contributed by atoms with Gasteiger partial charge < -0.3 is 5.11 Å². The van der Waals surface area contributed by atoms with Gasteiger partial charge in [0.15, 0.2) is 0 Å². The molecule has 6 heteroatoms. The van der Waals surface area contributed by atoms with Gasteiger partial charge in [-0.1, -0.05) is 18.2 Å². The fraction of sp³-hybridized carbons (Fsp3) is 0.133. The summed E-state index contributed by atoms with van der Waals surface area (Å²) in [6.45, 7) is 2.12. The Morgan fingerprint density at radius 1 is 1.38 bits per heavy atom. The number of benzene rings is 1. The third kappa shape index (κ3) is 2.45. The van der Waals surface area contributed by atoms with Gasteiger partial charge in [0.2, 0.25) is 0 Å². The number of carboxylic acid groups (broad SMARTS) is 1. The monoisotopic (exact) mass is 300 g/mol. The van der Waals surface area contributed by atoms with Crippen LogP contribution in [0.3, 0.4) is 0 Å². The predicted molar refractivity (Wildman–Crippen MR) is 81.1 cm³/mol. The quantitative estimate of drug-likeness (QED) is 0.806. The van der Waals surface area contributed by atoms with Gasteiger partial charge in [-0.15, -0.1) is 11.3 Å². The topological polar surface area (TPSA) is 72.2 Å². The first-order valence-electron chi connectivity index (χ1n) is 6.33. The number of aryl methyl sites for hydroxylation is 1. The van der Waals surface area contributed by atoms with Crippen molar-refractivity contribution in [1.82, 2.24) is 9.55 Å². The Bertz CT molecular complexity index is 895. The van der Waals surface area contributed by atoms with E-state index in [4.69, 9.17) is 0 Å². The SMILES string of the molecule is Cc1cc2c(=O)n(Cc3ccccc3C(=O)O)cnc2s1. The van der Waals surface area contributed by atoms with Crippen molar-refractivity contribution in [3.63, 3.8) is 0 Å². The molecule has 2 heterocycles. The van der Waals surface area contributed by atoms with Crippen LogP contribution in [0.5, 0.6) is 0 Å². The Hall–Kier alpha value is -2.47. The van der Waals surface area contributed by atoms with Crippen molar-refractivity contribution in [2.24, 2.45) is 0 Å². The number of aromatic carboxylic acids is 1. The van der Waals surface area contributed by atoms with E-state index in [1.165, 1.54) is 28.3 Å². The number of carbonyl (C=O) groups is 1. The Morgan fingerprint density at radius 3 is 2.90 bits per heavy atom. The summed E-state index contributed by atoms with van der Waals surface area (Å²) in [6, 6.07) is 8.48. The van der Waals surface area contributed by atoms with Crippen LogP contribution in [0.15, 0.2) is 41.5 Å². The number of fused-ring (bicyclic) bond motifs is 1. The molecule has 0 amide bonds. The third-order valence-corrected chi connectivity index (χ3v) is 4.19. The lowest BCUT2D eigenvalue weighted by molar-refractivity contribution is 0.0695. The summed E-state index contributed by atoms with van der Waals surface area (Å²) in [7, 11) is 0. The molecule has 21 heavy (non-hydrogen) atoms. The van der Waals surface area contributed by atoms with Crippen molar-refractivity contribution < 1.29 is 9.90 Å². The molecule has 0 atom stereocenters. The molecule has 0 saturated heterocycles. The molecule has 1 N–H and O–H groups in total. The number of hydrogen-bond donors (Lipinski definition) is 1. The average Bonchev–Trinajstić information content (AvgIpc) is 2.84. The largest absolute Gasteiger partial charge is 0.478 e. The second kappa shape index (κ2) is 5.14. The second-order valence-electron chi connectivity index (χ2n) is 4.72. The number of carboxylic acids is 1. The summed E-state index contributed by atoms with van der Waals surface area (Å²) in [5.41, 5.74) is 0.635. The van der Waals surface area contributed by atoms with Crippen LogP contribution in [0, 0.1) is 6.92 Å². The summed E-state index contributed by atoms with van der Waals surface area (Å²) in [5, 5.41) is 9.76. The highest BCUT2D eigenvalue weighted by molar-refractivity contribution is 7.18. The number of nitrogens with zero attached hydrogens (tertiary/aromatic N) is 2. The number of aromatic nitrogens is 2. The van der Waals surface area contributed by atoms with Crippen LogP contribution >= 0.6 is 11.3 Å². The molecule has 0 fully saturated rings. The van der Waals surface area contributed by atoms with Gasteiger partial charge in [-0.3, -0.25) is 9.36 Å². The molecule has 2 aromatic heterocycles. The van der Waals surface area contributed by atoms with Gasteiger partial charge in [-0.2, -0.15) is 0 Å². The molecule has 0 aliphatic rings. The molecular weight excluding hydrogens is 288 g/mol. The molecule has 0 radical (unpaired) electrons. The van der Waals surface area contributed by atoms with E-state index in [-0.39, 0.29) is 17.7 Å². The Morgan fingerprint density at radius 2 is 2.14 bits per heavy atom. The molecule has 1 aromatic carbocycles. The summed E-state index contributed by atoms with van der Waals surface area (Å²) in [5.74, 6) is -1.00. The fourth-order valence-electron chi connectivity index (χ4n) is 2.24. The highest BCUT2D eigenvalue weighted by atomic mass is 32.1. The Balaban J connectivity index is 2.09. The van der Waals surface area contributed by atoms with Crippen molar-refractivity contribution in [3.05, 3.63) is 63.0 Å². The summed E-state index contributed by atoms with van der Waals surface area (Å²) in [6.07, 6.45) is 1.47. The molecule has 106 valence electrons. The Labute approximate surface area is 124 Å². The van der Waals surface area contributed by atoms with Crippen molar-refractivity contribution in [1.29, 1.82) is 0 Å². The lowest BCUT2D eigenvalue weighted by atomic mass is 10.1. The normalized spacial score (nSPS) is 10.9. The van der Waals surface area contributed by atoms with Gasteiger partial charge in [0.05, 0.1) is 23.8 Å². The second-order valence-corrected chi connectivity index (χ2v) is 5.95. The lowest BCUT2D eigenvalue weighted by Gasteiger charge is -2.08. The molecule has 0 unspecified atom stereocenters. The number of thiophene rings is 1. The zero-order valence-electron chi connectivity index (χ0n) is 11.2. The van der Waals surface area contributed by atoms with E-state index < -0.39 is 5.97 Å². The van der Waals surface area contributed by atoms with E-state index in [0.29, 0.717) is 15.8 Å². The van der Waals surface area contributed by atoms with E-state index >= 15 is 0 Å². The van der Waals surface area contributed by atoms with E-state index in [1.54, 1.807) is 18.2 Å². The van der Waals surface area contributed by atoms with Crippen LogP contribution in [-0.4, -0.2) is 20.6 Å². The van der Waals surface area contributed by atoms with Crippen LogP contribution in [0.25, 0.3) is 10.2 Å². The number of rotatable bonds is 3. The molecule has 0 aliphatic heterocycles. The molecule has 5 nitrogen and oxygen atoms in total. The van der Waals surface area contributed by atoms with Gasteiger partial charge in [0.1, 0.15) is 4.83 Å². The zero-order chi connectivity index (χ0) is 15.0. The minimum atomic E-state index is -1.00. The summed E-state index contributed by atoms with van der Waals surface area (Å²) >= 11 is 1.47. The molecule has 0 bridgehead atoms. The third-order valence-electron chi connectivity index (χ3n) is 3.23. The van der Waals surface area contributed by atoms with Crippen LogP contribution in [0.2, 0.25) is 0 Å². The molecule has 0 saturated carbocycles. The standard InChI is InChI=1S/C15H12N2O3S/c1-9-6-12-13(21-9)16-8-17(14(12)18)7-10-4-2-3-5-11(10)15(19)20/h2-6,8H,7H2,1H3,(H,19,20). The van der Waals surface area contributed by atoms with Gasteiger partial charge in [-0.25, -0.2) is 9.78 Å². The maximum atomic E-state index is 12.4. The van der Waals surface area contributed by atoms with Crippen LogP contribution < -0.4 is 5.56 Å². The number of hydrogen-bond acceptors (Lipinski definition) is 4. The van der Waals surface area contributed by atoms with Crippen molar-refractivity contribution >= 4 is 27.5 Å². The first-order chi connectivity index (χ1) is 10.1. The van der Waals surface area contributed by atoms with Crippen molar-refractivity contribution in [3.8, 4) is 0 Å². The summed E-state index contributed by atoms with van der Waals surface area (Å²) in [4.78, 5) is 29.6.